The zero-order valence-corrected chi connectivity index (χ0v) is 5.95. The Morgan fingerprint density at radius 2 is 1.10 bits per heavy atom. The first-order valence-electron chi connectivity index (χ1n) is 3.50. The Kier molecular flexibility index (Phi) is 7.54. The summed E-state index contributed by atoms with van der Waals surface area (Å²) >= 11 is 0. The minimum Gasteiger partial charge on any atom is -0.151 e. The van der Waals surface area contributed by atoms with E-state index in [1.54, 1.807) is 0 Å². The lowest BCUT2D eigenvalue weighted by molar-refractivity contribution is 0.652. The minimum absolute atomic E-state index is 0.397. The second kappa shape index (κ2) is 8.20. The van der Waals surface area contributed by atoms with Gasteiger partial charge in [-0.2, -0.15) is 9.81 Å². The Labute approximate surface area is 60.0 Å². The van der Waals surface area contributed by atoms with Gasteiger partial charge in [-0.3, -0.25) is 0 Å². The molecule has 0 atom stereocenters. The summed E-state index contributed by atoms with van der Waals surface area (Å²) in [7, 11) is 0. The van der Waals surface area contributed by atoms with E-state index in [9.17, 15) is 9.81 Å². The van der Waals surface area contributed by atoms with Crippen molar-refractivity contribution in [3.05, 3.63) is 9.81 Å². The van der Waals surface area contributed by atoms with Gasteiger partial charge in [0.15, 0.2) is 0 Å². The largest absolute Gasteiger partial charge is 0.151 e. The van der Waals surface area contributed by atoms with Gasteiger partial charge in [-0.25, -0.2) is 0 Å². The average molecular weight is 144 g/mol. The van der Waals surface area contributed by atoms with Crippen LogP contribution >= 0.6 is 0 Å². The van der Waals surface area contributed by atoms with Crippen molar-refractivity contribution in [1.29, 1.82) is 0 Å². The zero-order chi connectivity index (χ0) is 7.66. The third-order valence-corrected chi connectivity index (χ3v) is 1.25. The second-order valence-corrected chi connectivity index (χ2v) is 2.12. The van der Waals surface area contributed by atoms with Crippen LogP contribution in [0.15, 0.2) is 10.4 Å². The van der Waals surface area contributed by atoms with E-state index in [0.29, 0.717) is 13.1 Å². The predicted molar refractivity (Wildman–Crippen MR) is 39.8 cm³/mol. The van der Waals surface area contributed by atoms with Crippen molar-refractivity contribution in [2.24, 2.45) is 10.4 Å². The highest BCUT2D eigenvalue weighted by Gasteiger charge is 1.88. The van der Waals surface area contributed by atoms with Crippen molar-refractivity contribution >= 4 is 0 Å². The summed E-state index contributed by atoms with van der Waals surface area (Å²) in [6.07, 6.45) is 3.62. The van der Waals surface area contributed by atoms with E-state index in [1.807, 2.05) is 0 Å². The molecule has 0 aromatic heterocycles. The molecule has 0 aliphatic heterocycles. The standard InChI is InChI=1S/C6H12N2O2/c9-7-5-3-1-2-4-6-8-10/h1-6H2. The normalized spacial score (nSPS) is 9.20. The van der Waals surface area contributed by atoms with Crippen molar-refractivity contribution < 1.29 is 0 Å². The van der Waals surface area contributed by atoms with Crippen molar-refractivity contribution in [1.82, 2.24) is 0 Å². The topological polar surface area (TPSA) is 58.9 Å². The van der Waals surface area contributed by atoms with Gasteiger partial charge >= 0.3 is 0 Å². The van der Waals surface area contributed by atoms with E-state index in [1.165, 1.54) is 0 Å². The van der Waals surface area contributed by atoms with Crippen molar-refractivity contribution in [2.45, 2.75) is 25.7 Å². The fraction of sp³-hybridized carbons (Fsp3) is 1.00. The van der Waals surface area contributed by atoms with Crippen LogP contribution in [0.25, 0.3) is 0 Å². The van der Waals surface area contributed by atoms with E-state index in [2.05, 4.69) is 10.4 Å². The van der Waals surface area contributed by atoms with Crippen LogP contribution < -0.4 is 0 Å². The van der Waals surface area contributed by atoms with Gasteiger partial charge in [0.25, 0.3) is 0 Å². The summed E-state index contributed by atoms with van der Waals surface area (Å²) in [4.78, 5) is 19.2. The van der Waals surface area contributed by atoms with Crippen LogP contribution in [0.5, 0.6) is 0 Å². The van der Waals surface area contributed by atoms with Gasteiger partial charge in [-0.1, -0.05) is 23.2 Å². The highest BCUT2D eigenvalue weighted by molar-refractivity contribution is 4.47. The third kappa shape index (κ3) is 7.20. The van der Waals surface area contributed by atoms with Crippen LogP contribution in [0.3, 0.4) is 0 Å². The Morgan fingerprint density at radius 1 is 0.700 bits per heavy atom. The molecule has 4 nitrogen and oxygen atoms in total. The number of rotatable bonds is 7. The van der Waals surface area contributed by atoms with E-state index < -0.39 is 0 Å². The Balaban J connectivity index is 2.76. The number of unbranched alkanes of at least 4 members (excludes halogenated alkanes) is 3. The van der Waals surface area contributed by atoms with Crippen LogP contribution in [0.2, 0.25) is 0 Å². The quantitative estimate of drug-likeness (QED) is 0.405. The Morgan fingerprint density at radius 3 is 1.40 bits per heavy atom. The highest BCUT2D eigenvalue weighted by Crippen LogP contribution is 1.99. The van der Waals surface area contributed by atoms with Crippen molar-refractivity contribution in [2.75, 3.05) is 13.1 Å². The molecule has 10 heavy (non-hydrogen) atoms. The molecule has 0 rings (SSSR count). The molecule has 0 aliphatic carbocycles. The lowest BCUT2D eigenvalue weighted by Gasteiger charge is -1.92. The minimum atomic E-state index is 0.397. The monoisotopic (exact) mass is 144 g/mol. The molecule has 0 unspecified atom stereocenters. The number of hydrogen-bond acceptors (Lipinski definition) is 4. The van der Waals surface area contributed by atoms with Gasteiger partial charge in [-0.15, -0.1) is 0 Å². The van der Waals surface area contributed by atoms with Gasteiger partial charge in [0, 0.05) is 0 Å². The lowest BCUT2D eigenvalue weighted by atomic mass is 10.2. The van der Waals surface area contributed by atoms with Gasteiger partial charge in [0.2, 0.25) is 0 Å². The van der Waals surface area contributed by atoms with Crippen LogP contribution in [-0.2, 0) is 0 Å². The van der Waals surface area contributed by atoms with Crippen LogP contribution in [0.4, 0.5) is 0 Å². The molecule has 0 bridgehead atoms. The van der Waals surface area contributed by atoms with Gasteiger partial charge < -0.3 is 0 Å². The maximum atomic E-state index is 9.58. The molecule has 0 saturated carbocycles. The average Bonchev–Trinajstić information content (AvgIpc) is 1.97. The van der Waals surface area contributed by atoms with Crippen LogP contribution in [0.1, 0.15) is 25.7 Å². The summed E-state index contributed by atoms with van der Waals surface area (Å²) in [5.74, 6) is 0. The smallest absolute Gasteiger partial charge is 0.0811 e. The van der Waals surface area contributed by atoms with Crippen molar-refractivity contribution in [3.8, 4) is 0 Å². The molecular formula is C6H12N2O2. The first kappa shape index (κ1) is 9.20. The highest BCUT2D eigenvalue weighted by atomic mass is 16.3. The Hall–Kier alpha value is -0.800. The maximum absolute atomic E-state index is 9.58. The molecule has 0 fully saturated rings. The second-order valence-electron chi connectivity index (χ2n) is 2.12. The van der Waals surface area contributed by atoms with Crippen LogP contribution in [0, 0.1) is 9.81 Å². The summed E-state index contributed by atoms with van der Waals surface area (Å²) in [5.41, 5.74) is 0. The lowest BCUT2D eigenvalue weighted by Crippen LogP contribution is -1.83. The molecule has 0 amide bonds. The molecule has 0 aromatic carbocycles. The van der Waals surface area contributed by atoms with Crippen LogP contribution in [-0.4, -0.2) is 13.1 Å². The van der Waals surface area contributed by atoms with Gasteiger partial charge in [0.1, 0.15) is 0 Å². The summed E-state index contributed by atoms with van der Waals surface area (Å²) in [5, 5.41) is 5.44. The molecule has 0 aliphatic rings. The third-order valence-electron chi connectivity index (χ3n) is 1.25. The number of nitroso groups, excluding NO2 is 2. The predicted octanol–water partition coefficient (Wildman–Crippen LogP) is 2.08. The SMILES string of the molecule is O=NCCCCCCN=O. The molecule has 0 heterocycles. The molecule has 58 valence electrons. The molecule has 0 saturated heterocycles. The molecule has 4 heteroatoms. The summed E-state index contributed by atoms with van der Waals surface area (Å²) in [6.45, 7) is 0.795. The first-order chi connectivity index (χ1) is 4.91. The molecular weight excluding hydrogens is 132 g/mol. The van der Waals surface area contributed by atoms with Gasteiger partial charge in [-0.05, 0) is 12.8 Å². The fourth-order valence-corrected chi connectivity index (χ4v) is 0.706. The summed E-state index contributed by atoms with van der Waals surface area (Å²) < 4.78 is 0. The van der Waals surface area contributed by atoms with E-state index in [-0.39, 0.29) is 0 Å². The van der Waals surface area contributed by atoms with Crippen molar-refractivity contribution in [3.63, 3.8) is 0 Å². The van der Waals surface area contributed by atoms with E-state index in [0.717, 1.165) is 25.7 Å². The van der Waals surface area contributed by atoms with E-state index >= 15 is 0 Å². The molecule has 0 N–H and O–H groups in total. The molecule has 0 spiro atoms. The first-order valence-corrected chi connectivity index (χ1v) is 3.50. The fourth-order valence-electron chi connectivity index (χ4n) is 0.706. The van der Waals surface area contributed by atoms with Gasteiger partial charge in [0.05, 0.1) is 13.1 Å². The molecule has 0 radical (unpaired) electrons. The molecule has 0 aromatic rings. The Bertz CT molecular complexity index is 83.7. The maximum Gasteiger partial charge on any atom is 0.0811 e. The van der Waals surface area contributed by atoms with E-state index in [4.69, 9.17) is 0 Å². The number of nitrogens with zero attached hydrogens (tertiary/aromatic N) is 2. The zero-order valence-electron chi connectivity index (χ0n) is 5.95. The summed E-state index contributed by atoms with van der Waals surface area (Å²) in [6, 6.07) is 0. The number of hydrogen-bond donors (Lipinski definition) is 0.